The molecule has 0 N–H and O–H groups in total. The standard InChI is InChI=1S/C22H26N4O4S/c1-3-9-25-21(28)20-18(8-14-31-20)26(22(25)29)15-19(27)24-12-10-23(11-13-24)16-4-6-17(30-2)7-5-16/h4-8,14H,3,9-13,15H2,1-2H3. The monoisotopic (exact) mass is 442 g/mol. The first kappa shape index (κ1) is 21.2. The van der Waals surface area contributed by atoms with Gasteiger partial charge in [0.2, 0.25) is 5.91 Å². The van der Waals surface area contributed by atoms with Crippen LogP contribution in [0, 0.1) is 0 Å². The number of hydrogen-bond donors (Lipinski definition) is 0. The lowest BCUT2D eigenvalue weighted by Gasteiger charge is -2.36. The third-order valence-corrected chi connectivity index (χ3v) is 6.54. The first-order valence-corrected chi connectivity index (χ1v) is 11.3. The molecule has 3 aromatic rings. The van der Waals surface area contributed by atoms with E-state index in [2.05, 4.69) is 4.90 Å². The Morgan fingerprint density at radius 3 is 2.39 bits per heavy atom. The first-order valence-electron chi connectivity index (χ1n) is 10.4. The maximum atomic E-state index is 13.0. The van der Waals surface area contributed by atoms with Crippen LogP contribution in [-0.4, -0.2) is 53.2 Å². The Kier molecular flexibility index (Phi) is 6.13. The van der Waals surface area contributed by atoms with Gasteiger partial charge in [-0.25, -0.2) is 4.79 Å². The van der Waals surface area contributed by atoms with Crippen molar-refractivity contribution in [3.8, 4) is 5.75 Å². The fourth-order valence-corrected chi connectivity index (χ4v) is 4.79. The van der Waals surface area contributed by atoms with Crippen molar-refractivity contribution >= 4 is 33.1 Å². The Morgan fingerprint density at radius 2 is 1.74 bits per heavy atom. The highest BCUT2D eigenvalue weighted by atomic mass is 32.1. The van der Waals surface area contributed by atoms with E-state index in [4.69, 9.17) is 4.74 Å². The van der Waals surface area contributed by atoms with Crippen molar-refractivity contribution < 1.29 is 9.53 Å². The highest BCUT2D eigenvalue weighted by Gasteiger charge is 2.23. The molecule has 1 fully saturated rings. The summed E-state index contributed by atoms with van der Waals surface area (Å²) in [5.41, 5.74) is 0.949. The van der Waals surface area contributed by atoms with Gasteiger partial charge in [0, 0.05) is 38.4 Å². The van der Waals surface area contributed by atoms with Crippen LogP contribution in [0.5, 0.6) is 5.75 Å². The van der Waals surface area contributed by atoms with Crippen LogP contribution in [0.15, 0.2) is 45.3 Å². The van der Waals surface area contributed by atoms with Gasteiger partial charge in [0.15, 0.2) is 0 Å². The second-order valence-electron chi connectivity index (χ2n) is 7.53. The largest absolute Gasteiger partial charge is 0.497 e. The van der Waals surface area contributed by atoms with Crippen LogP contribution in [0.4, 0.5) is 5.69 Å². The molecule has 1 aromatic carbocycles. The maximum absolute atomic E-state index is 13.0. The minimum atomic E-state index is -0.414. The number of piperazine rings is 1. The van der Waals surface area contributed by atoms with Crippen LogP contribution >= 0.6 is 11.3 Å². The summed E-state index contributed by atoms with van der Waals surface area (Å²) in [6.45, 7) is 4.81. The summed E-state index contributed by atoms with van der Waals surface area (Å²) in [6, 6.07) is 9.63. The van der Waals surface area contributed by atoms with Crippen LogP contribution in [0.2, 0.25) is 0 Å². The zero-order valence-corrected chi connectivity index (χ0v) is 18.6. The Morgan fingerprint density at radius 1 is 1.03 bits per heavy atom. The summed E-state index contributed by atoms with van der Waals surface area (Å²) in [6.07, 6.45) is 0.674. The maximum Gasteiger partial charge on any atom is 0.332 e. The van der Waals surface area contributed by atoms with Crippen LogP contribution in [0.1, 0.15) is 13.3 Å². The summed E-state index contributed by atoms with van der Waals surface area (Å²) >= 11 is 1.31. The van der Waals surface area contributed by atoms with E-state index in [1.54, 1.807) is 23.5 Å². The zero-order valence-electron chi connectivity index (χ0n) is 17.7. The van der Waals surface area contributed by atoms with Gasteiger partial charge in [-0.15, -0.1) is 11.3 Å². The Hall–Kier alpha value is -3.07. The molecule has 1 aliphatic heterocycles. The molecule has 31 heavy (non-hydrogen) atoms. The molecule has 0 bridgehead atoms. The van der Waals surface area contributed by atoms with E-state index in [-0.39, 0.29) is 18.0 Å². The first-order chi connectivity index (χ1) is 15.0. The highest BCUT2D eigenvalue weighted by molar-refractivity contribution is 7.17. The van der Waals surface area contributed by atoms with Crippen molar-refractivity contribution in [1.82, 2.24) is 14.0 Å². The minimum absolute atomic E-state index is 0.0569. The second kappa shape index (κ2) is 8.97. The number of fused-ring (bicyclic) bond motifs is 1. The Balaban J connectivity index is 1.49. The molecular formula is C22H26N4O4S. The van der Waals surface area contributed by atoms with E-state index in [9.17, 15) is 14.4 Å². The van der Waals surface area contributed by atoms with Crippen molar-refractivity contribution in [3.05, 3.63) is 56.5 Å². The lowest BCUT2D eigenvalue weighted by atomic mass is 10.2. The fourth-order valence-electron chi connectivity index (χ4n) is 3.95. The average Bonchev–Trinajstić information content (AvgIpc) is 3.29. The number of benzene rings is 1. The van der Waals surface area contributed by atoms with E-state index in [1.165, 1.54) is 20.5 Å². The molecular weight excluding hydrogens is 416 g/mol. The topological polar surface area (TPSA) is 76.8 Å². The lowest BCUT2D eigenvalue weighted by Crippen LogP contribution is -2.50. The molecule has 9 heteroatoms. The highest BCUT2D eigenvalue weighted by Crippen LogP contribution is 2.21. The van der Waals surface area contributed by atoms with Crippen LogP contribution in [0.25, 0.3) is 10.2 Å². The molecule has 4 rings (SSSR count). The number of hydrogen-bond acceptors (Lipinski definition) is 6. The SMILES string of the molecule is CCCn1c(=O)c2sccc2n(CC(=O)N2CCN(c3ccc(OC)cc3)CC2)c1=O. The molecule has 1 saturated heterocycles. The molecule has 1 aliphatic rings. The summed E-state index contributed by atoms with van der Waals surface area (Å²) < 4.78 is 8.42. The van der Waals surface area contributed by atoms with Crippen LogP contribution < -0.4 is 20.9 Å². The second-order valence-corrected chi connectivity index (χ2v) is 8.44. The predicted molar refractivity (Wildman–Crippen MR) is 122 cm³/mol. The molecule has 0 aliphatic carbocycles. The number of nitrogens with zero attached hydrogens (tertiary/aromatic N) is 4. The van der Waals surface area contributed by atoms with E-state index >= 15 is 0 Å². The molecule has 2 aromatic heterocycles. The van der Waals surface area contributed by atoms with Gasteiger partial charge in [-0.1, -0.05) is 6.92 Å². The molecule has 0 atom stereocenters. The molecule has 164 valence electrons. The molecule has 0 unspecified atom stereocenters. The summed E-state index contributed by atoms with van der Waals surface area (Å²) in [7, 11) is 1.64. The number of rotatable bonds is 6. The van der Waals surface area contributed by atoms with Gasteiger partial charge < -0.3 is 14.5 Å². The summed E-state index contributed by atoms with van der Waals surface area (Å²) in [4.78, 5) is 42.6. The number of carbonyl (C=O) groups excluding carboxylic acids is 1. The quantitative estimate of drug-likeness (QED) is 0.584. The summed E-state index contributed by atoms with van der Waals surface area (Å²) in [5.74, 6) is 0.706. The third kappa shape index (κ3) is 4.10. The molecule has 1 amide bonds. The number of aromatic nitrogens is 2. The number of ether oxygens (including phenoxy) is 1. The molecule has 8 nitrogen and oxygen atoms in total. The Labute approximate surface area is 183 Å². The van der Waals surface area contributed by atoms with E-state index < -0.39 is 5.69 Å². The van der Waals surface area contributed by atoms with Crippen molar-refractivity contribution in [3.63, 3.8) is 0 Å². The zero-order chi connectivity index (χ0) is 22.0. The van der Waals surface area contributed by atoms with Crippen LogP contribution in [0.3, 0.4) is 0 Å². The number of carbonyl (C=O) groups is 1. The van der Waals surface area contributed by atoms with Gasteiger partial charge in [0.25, 0.3) is 5.56 Å². The van der Waals surface area contributed by atoms with Crippen molar-refractivity contribution in [2.24, 2.45) is 0 Å². The van der Waals surface area contributed by atoms with Gasteiger partial charge in [-0.05, 0) is 42.1 Å². The number of amides is 1. The third-order valence-electron chi connectivity index (χ3n) is 5.65. The minimum Gasteiger partial charge on any atom is -0.497 e. The van der Waals surface area contributed by atoms with Gasteiger partial charge in [0.1, 0.15) is 17.0 Å². The van der Waals surface area contributed by atoms with Crippen LogP contribution in [-0.2, 0) is 17.9 Å². The number of anilines is 1. The van der Waals surface area contributed by atoms with Crippen molar-refractivity contribution in [1.29, 1.82) is 0 Å². The van der Waals surface area contributed by atoms with Gasteiger partial charge >= 0.3 is 5.69 Å². The fraction of sp³-hybridized carbons (Fsp3) is 0.409. The van der Waals surface area contributed by atoms with Gasteiger partial charge in [-0.3, -0.25) is 18.7 Å². The van der Waals surface area contributed by atoms with E-state index in [1.807, 2.05) is 31.2 Å². The van der Waals surface area contributed by atoms with Crippen molar-refractivity contribution in [2.75, 3.05) is 38.2 Å². The molecule has 0 radical (unpaired) electrons. The average molecular weight is 443 g/mol. The van der Waals surface area contributed by atoms with Crippen molar-refractivity contribution in [2.45, 2.75) is 26.4 Å². The van der Waals surface area contributed by atoms with Gasteiger partial charge in [0.05, 0.1) is 12.6 Å². The van der Waals surface area contributed by atoms with E-state index in [0.717, 1.165) is 24.5 Å². The Bertz CT molecular complexity index is 1190. The van der Waals surface area contributed by atoms with E-state index in [0.29, 0.717) is 36.3 Å². The number of thiophene rings is 1. The number of methoxy groups -OCH3 is 1. The molecule has 0 saturated carbocycles. The van der Waals surface area contributed by atoms with Gasteiger partial charge in [-0.2, -0.15) is 0 Å². The summed E-state index contributed by atoms with van der Waals surface area (Å²) in [5, 5.41) is 1.79. The predicted octanol–water partition coefficient (Wildman–Crippen LogP) is 1.99. The molecule has 0 spiro atoms. The molecule has 3 heterocycles. The lowest BCUT2D eigenvalue weighted by molar-refractivity contribution is -0.132. The normalized spacial score (nSPS) is 14.3. The smallest absolute Gasteiger partial charge is 0.332 e.